The minimum atomic E-state index is -0.162. The molecule has 0 radical (unpaired) electrons. The Bertz CT molecular complexity index is 2960. The van der Waals surface area contributed by atoms with Gasteiger partial charge in [0.2, 0.25) is 0 Å². The van der Waals surface area contributed by atoms with Gasteiger partial charge in [-0.05, 0) is 68.8 Å². The Morgan fingerprint density at radius 3 is 0.810 bits per heavy atom. The van der Waals surface area contributed by atoms with Gasteiger partial charge in [-0.1, -0.05) is 196 Å². The fraction of sp³-hybridized carbons (Fsp3) is 0.0526. The summed E-state index contributed by atoms with van der Waals surface area (Å²) in [4.78, 5) is 29.8. The van der Waals surface area contributed by atoms with Crippen LogP contribution in [0.4, 0.5) is 0 Å². The van der Waals surface area contributed by atoms with Crippen LogP contribution >= 0.6 is 0 Å². The second-order valence-corrected chi connectivity index (χ2v) is 16.4. The highest BCUT2D eigenvalue weighted by atomic mass is 15.0. The van der Waals surface area contributed by atoms with Crippen LogP contribution in [-0.2, 0) is 5.41 Å². The lowest BCUT2D eigenvalue weighted by molar-refractivity contribution is 0.660. The smallest absolute Gasteiger partial charge is 0.164 e. The summed E-state index contributed by atoms with van der Waals surface area (Å²) in [6.07, 6.45) is 0. The molecule has 0 amide bonds. The van der Waals surface area contributed by atoms with Crippen LogP contribution in [-0.4, -0.2) is 29.9 Å². The van der Waals surface area contributed by atoms with Gasteiger partial charge in [-0.15, -0.1) is 0 Å². The summed E-state index contributed by atoms with van der Waals surface area (Å²) >= 11 is 0. The number of nitrogens with zero attached hydrogens (tertiary/aromatic N) is 6. The zero-order valence-electron chi connectivity index (χ0n) is 34.8. The van der Waals surface area contributed by atoms with E-state index in [1.807, 2.05) is 121 Å². The van der Waals surface area contributed by atoms with Crippen molar-refractivity contribution in [2.75, 3.05) is 0 Å². The minimum absolute atomic E-state index is 0.162. The molecule has 0 N–H and O–H groups in total. The van der Waals surface area contributed by atoms with Gasteiger partial charge in [0, 0.05) is 38.8 Å². The third-order valence-electron chi connectivity index (χ3n) is 12.0. The molecule has 6 nitrogen and oxygen atoms in total. The van der Waals surface area contributed by atoms with Crippen molar-refractivity contribution in [1.29, 1.82) is 0 Å². The van der Waals surface area contributed by atoms with E-state index < -0.39 is 0 Å². The summed E-state index contributed by atoms with van der Waals surface area (Å²) < 4.78 is 0. The van der Waals surface area contributed by atoms with Crippen molar-refractivity contribution in [3.63, 3.8) is 0 Å². The van der Waals surface area contributed by atoms with E-state index in [-0.39, 0.29) is 5.41 Å². The average Bonchev–Trinajstić information content (AvgIpc) is 3.59. The first-order valence-corrected chi connectivity index (χ1v) is 21.2. The molecule has 0 spiro atoms. The first kappa shape index (κ1) is 37.8. The molecular weight excluding hydrogens is 769 g/mol. The fourth-order valence-electron chi connectivity index (χ4n) is 8.68. The molecule has 6 heteroatoms. The maximum atomic E-state index is 5.01. The van der Waals surface area contributed by atoms with E-state index >= 15 is 0 Å². The van der Waals surface area contributed by atoms with Crippen LogP contribution in [0.3, 0.4) is 0 Å². The van der Waals surface area contributed by atoms with Gasteiger partial charge in [0.05, 0.1) is 0 Å². The Kier molecular flexibility index (Phi) is 9.39. The molecule has 8 aromatic carbocycles. The van der Waals surface area contributed by atoms with Crippen LogP contribution in [0, 0.1) is 0 Å². The molecule has 0 saturated heterocycles. The number of rotatable bonds is 8. The minimum Gasteiger partial charge on any atom is -0.208 e. The molecular formula is C57H40N6. The second kappa shape index (κ2) is 15.7. The van der Waals surface area contributed by atoms with Crippen molar-refractivity contribution < 1.29 is 0 Å². The van der Waals surface area contributed by atoms with Crippen molar-refractivity contribution >= 4 is 0 Å². The van der Waals surface area contributed by atoms with E-state index in [4.69, 9.17) is 29.9 Å². The average molecular weight is 809 g/mol. The lowest BCUT2D eigenvalue weighted by atomic mass is 9.82. The van der Waals surface area contributed by atoms with Crippen LogP contribution in [0.1, 0.15) is 25.0 Å². The molecule has 0 aliphatic heterocycles. The largest absolute Gasteiger partial charge is 0.208 e. The fourth-order valence-corrected chi connectivity index (χ4v) is 8.68. The zero-order valence-corrected chi connectivity index (χ0v) is 34.8. The molecule has 11 rings (SSSR count). The van der Waals surface area contributed by atoms with Crippen molar-refractivity contribution in [2.24, 2.45) is 0 Å². The number of fused-ring (bicyclic) bond motifs is 3. The van der Waals surface area contributed by atoms with E-state index in [9.17, 15) is 0 Å². The van der Waals surface area contributed by atoms with E-state index in [0.717, 1.165) is 55.6 Å². The molecule has 0 unspecified atom stereocenters. The van der Waals surface area contributed by atoms with Gasteiger partial charge in [-0.3, -0.25) is 0 Å². The normalized spacial score (nSPS) is 12.4. The summed E-state index contributed by atoms with van der Waals surface area (Å²) in [5.41, 5.74) is 15.0. The van der Waals surface area contributed by atoms with Gasteiger partial charge in [-0.25, -0.2) is 29.9 Å². The molecule has 2 aromatic heterocycles. The van der Waals surface area contributed by atoms with Crippen molar-refractivity contribution in [1.82, 2.24) is 29.9 Å². The number of aromatic nitrogens is 6. The van der Waals surface area contributed by atoms with Gasteiger partial charge in [-0.2, -0.15) is 0 Å². The van der Waals surface area contributed by atoms with Crippen LogP contribution in [0.25, 0.3) is 102 Å². The summed E-state index contributed by atoms with van der Waals surface area (Å²) in [6, 6.07) is 71.2. The van der Waals surface area contributed by atoms with Gasteiger partial charge < -0.3 is 0 Å². The molecule has 0 fully saturated rings. The predicted molar refractivity (Wildman–Crippen MR) is 254 cm³/mol. The highest BCUT2D eigenvalue weighted by Gasteiger charge is 2.35. The molecule has 0 atom stereocenters. The van der Waals surface area contributed by atoms with Gasteiger partial charge >= 0.3 is 0 Å². The van der Waals surface area contributed by atoms with E-state index in [1.165, 1.54) is 22.3 Å². The molecule has 1 aliphatic rings. The molecule has 10 aromatic rings. The molecule has 0 saturated carbocycles. The van der Waals surface area contributed by atoms with E-state index in [0.29, 0.717) is 34.9 Å². The maximum absolute atomic E-state index is 5.01. The quantitative estimate of drug-likeness (QED) is 0.152. The van der Waals surface area contributed by atoms with Crippen LogP contribution in [0.5, 0.6) is 0 Å². The molecule has 2 heterocycles. The van der Waals surface area contributed by atoms with Gasteiger partial charge in [0.1, 0.15) is 0 Å². The third-order valence-corrected chi connectivity index (χ3v) is 12.0. The lowest BCUT2D eigenvalue weighted by Crippen LogP contribution is -2.14. The summed E-state index contributed by atoms with van der Waals surface area (Å²) in [5.74, 6) is 3.84. The highest BCUT2D eigenvalue weighted by Crippen LogP contribution is 2.51. The first-order valence-electron chi connectivity index (χ1n) is 21.2. The highest BCUT2D eigenvalue weighted by molar-refractivity contribution is 5.88. The zero-order chi connectivity index (χ0) is 42.3. The Hall–Kier alpha value is -8.22. The topological polar surface area (TPSA) is 77.3 Å². The van der Waals surface area contributed by atoms with E-state index in [1.54, 1.807) is 0 Å². The van der Waals surface area contributed by atoms with E-state index in [2.05, 4.69) is 98.8 Å². The van der Waals surface area contributed by atoms with Crippen LogP contribution in [0.15, 0.2) is 206 Å². The van der Waals surface area contributed by atoms with Crippen molar-refractivity contribution in [3.05, 3.63) is 217 Å². The first-order chi connectivity index (χ1) is 30.9. The Morgan fingerprint density at radius 1 is 0.238 bits per heavy atom. The molecule has 1 aliphatic carbocycles. The maximum Gasteiger partial charge on any atom is 0.164 e. The standard InChI is InChI=1S/C57H40N6/c1-57(2)49-31-29-43(41-25-15-27-45(33-41)55-60-51(37-17-7-3-8-18-37)58-52(61-55)38-19-9-4-10-20-38)35-47(49)48-36-44(30-32-50(48)57)42-26-16-28-46(34-42)56-62-53(39-21-11-5-12-22-39)59-54(63-56)40-23-13-6-14-24-40/h3-36H,1-2H3. The monoisotopic (exact) mass is 808 g/mol. The number of hydrogen-bond acceptors (Lipinski definition) is 6. The summed E-state index contributed by atoms with van der Waals surface area (Å²) in [7, 11) is 0. The Morgan fingerprint density at radius 2 is 0.492 bits per heavy atom. The van der Waals surface area contributed by atoms with Crippen molar-refractivity contribution in [2.45, 2.75) is 19.3 Å². The van der Waals surface area contributed by atoms with Crippen molar-refractivity contribution in [3.8, 4) is 102 Å². The van der Waals surface area contributed by atoms with Gasteiger partial charge in [0.15, 0.2) is 34.9 Å². The van der Waals surface area contributed by atoms with Gasteiger partial charge in [0.25, 0.3) is 0 Å². The number of hydrogen-bond donors (Lipinski definition) is 0. The summed E-state index contributed by atoms with van der Waals surface area (Å²) in [6.45, 7) is 4.65. The SMILES string of the molecule is CC1(C)c2ccc(-c3cccc(-c4nc(-c5ccccc5)nc(-c5ccccc5)n4)c3)cc2-c2cc(-c3cccc(-c4nc(-c5ccccc5)nc(-c5ccccc5)n4)c3)ccc21. The Labute approximate surface area is 366 Å². The third kappa shape index (κ3) is 7.17. The molecule has 0 bridgehead atoms. The molecule has 63 heavy (non-hydrogen) atoms. The van der Waals surface area contributed by atoms with Crippen LogP contribution < -0.4 is 0 Å². The Balaban J connectivity index is 0.965. The second-order valence-electron chi connectivity index (χ2n) is 16.4. The van der Waals surface area contributed by atoms with Crippen LogP contribution in [0.2, 0.25) is 0 Å². The lowest BCUT2D eigenvalue weighted by Gasteiger charge is -2.21. The predicted octanol–water partition coefficient (Wildman–Crippen LogP) is 13.7. The molecule has 298 valence electrons. The summed E-state index contributed by atoms with van der Waals surface area (Å²) in [5, 5.41) is 0. The number of benzene rings is 8.